The lowest BCUT2D eigenvalue weighted by Gasteiger charge is -2.33. The molecular weight excluding hydrogens is 443 g/mol. The van der Waals surface area contributed by atoms with Gasteiger partial charge in [-0.05, 0) is 45.4 Å². The average Bonchev–Trinajstić information content (AvgIpc) is 2.59. The van der Waals surface area contributed by atoms with Crippen molar-refractivity contribution in [1.82, 2.24) is 15.5 Å². The highest BCUT2D eigenvalue weighted by Gasteiger charge is 2.22. The van der Waals surface area contributed by atoms with Crippen LogP contribution in [0.15, 0.2) is 4.99 Å². The van der Waals surface area contributed by atoms with Gasteiger partial charge in [-0.3, -0.25) is 9.79 Å². The van der Waals surface area contributed by atoms with E-state index >= 15 is 0 Å². The molecule has 2 atom stereocenters. The predicted octanol–water partition coefficient (Wildman–Crippen LogP) is 3.01. The van der Waals surface area contributed by atoms with Crippen molar-refractivity contribution in [1.29, 1.82) is 0 Å². The van der Waals surface area contributed by atoms with Crippen molar-refractivity contribution >= 4 is 35.8 Å². The fraction of sp³-hybridized carbons (Fsp3) is 0.895. The second-order valence-corrected chi connectivity index (χ2v) is 7.13. The van der Waals surface area contributed by atoms with Crippen molar-refractivity contribution in [2.24, 2.45) is 10.9 Å². The van der Waals surface area contributed by atoms with Gasteiger partial charge < -0.3 is 20.3 Å². The molecule has 26 heavy (non-hydrogen) atoms. The highest BCUT2D eigenvalue weighted by atomic mass is 127. The predicted molar refractivity (Wildman–Crippen MR) is 119 cm³/mol. The monoisotopic (exact) mass is 482 g/mol. The molecule has 6 nitrogen and oxygen atoms in total. The summed E-state index contributed by atoms with van der Waals surface area (Å²) < 4.78 is 5.76. The Morgan fingerprint density at radius 2 is 1.96 bits per heavy atom. The first-order chi connectivity index (χ1) is 12.0. The van der Waals surface area contributed by atoms with Crippen molar-refractivity contribution < 1.29 is 9.53 Å². The topological polar surface area (TPSA) is 66.0 Å². The third-order valence-corrected chi connectivity index (χ3v) is 4.82. The Bertz CT molecular complexity index is 418. The van der Waals surface area contributed by atoms with Crippen molar-refractivity contribution in [2.75, 3.05) is 33.3 Å². The lowest BCUT2D eigenvalue weighted by atomic mass is 10.0. The van der Waals surface area contributed by atoms with Crippen LogP contribution in [-0.2, 0) is 9.53 Å². The lowest BCUT2D eigenvalue weighted by Crippen LogP contribution is -2.44. The standard InChI is InChI=1S/C19H38N4O2.HI/c1-6-25-17(15(2)3)10-12-21-19(20-5)22-13-11-18(24)23-14-8-7-9-16(23)4;/h15-17H,6-14H2,1-5H3,(H2,20,21,22);1H. The van der Waals surface area contributed by atoms with E-state index in [0.29, 0.717) is 24.9 Å². The molecule has 0 saturated carbocycles. The van der Waals surface area contributed by atoms with Crippen LogP contribution in [-0.4, -0.2) is 62.2 Å². The minimum absolute atomic E-state index is 0. The number of nitrogens with one attached hydrogen (secondary N) is 2. The van der Waals surface area contributed by atoms with Crippen LogP contribution in [0.5, 0.6) is 0 Å². The molecule has 0 aromatic rings. The van der Waals surface area contributed by atoms with E-state index in [2.05, 4.69) is 36.4 Å². The second-order valence-electron chi connectivity index (χ2n) is 7.13. The molecule has 1 fully saturated rings. The Morgan fingerprint density at radius 1 is 1.27 bits per heavy atom. The molecule has 1 aliphatic rings. The molecule has 154 valence electrons. The summed E-state index contributed by atoms with van der Waals surface area (Å²) in [7, 11) is 1.76. The van der Waals surface area contributed by atoms with Crippen LogP contribution in [0.25, 0.3) is 0 Å². The molecule has 7 heteroatoms. The van der Waals surface area contributed by atoms with Crippen LogP contribution in [0, 0.1) is 5.92 Å². The van der Waals surface area contributed by atoms with E-state index in [4.69, 9.17) is 4.74 Å². The molecule has 1 heterocycles. The number of hydrogen-bond acceptors (Lipinski definition) is 3. The number of nitrogens with zero attached hydrogens (tertiary/aromatic N) is 2. The van der Waals surface area contributed by atoms with Crippen LogP contribution in [0.2, 0.25) is 0 Å². The molecule has 2 unspecified atom stereocenters. The number of amides is 1. The highest BCUT2D eigenvalue weighted by molar-refractivity contribution is 14.0. The van der Waals surface area contributed by atoms with E-state index in [9.17, 15) is 4.79 Å². The Morgan fingerprint density at radius 3 is 2.54 bits per heavy atom. The minimum Gasteiger partial charge on any atom is -0.378 e. The summed E-state index contributed by atoms with van der Waals surface area (Å²) in [5.41, 5.74) is 0. The highest BCUT2D eigenvalue weighted by Crippen LogP contribution is 2.17. The zero-order valence-electron chi connectivity index (χ0n) is 17.2. The van der Waals surface area contributed by atoms with Gasteiger partial charge in [-0.15, -0.1) is 24.0 Å². The number of carbonyl (C=O) groups excluding carboxylic acids is 1. The van der Waals surface area contributed by atoms with Crippen LogP contribution in [0.3, 0.4) is 0 Å². The molecule has 2 N–H and O–H groups in total. The van der Waals surface area contributed by atoms with Crippen molar-refractivity contribution in [3.05, 3.63) is 0 Å². The van der Waals surface area contributed by atoms with Gasteiger partial charge in [-0.1, -0.05) is 13.8 Å². The fourth-order valence-electron chi connectivity index (χ4n) is 3.28. The fourth-order valence-corrected chi connectivity index (χ4v) is 3.28. The first kappa shape index (κ1) is 25.4. The van der Waals surface area contributed by atoms with E-state index in [0.717, 1.165) is 44.9 Å². The van der Waals surface area contributed by atoms with Gasteiger partial charge in [0.15, 0.2) is 5.96 Å². The molecule has 1 amide bonds. The van der Waals surface area contributed by atoms with E-state index in [1.54, 1.807) is 7.05 Å². The first-order valence-corrected chi connectivity index (χ1v) is 9.85. The molecule has 0 aromatic heterocycles. The molecule has 1 aliphatic heterocycles. The molecule has 1 saturated heterocycles. The van der Waals surface area contributed by atoms with Crippen molar-refractivity contribution in [3.8, 4) is 0 Å². The number of ether oxygens (including phenoxy) is 1. The first-order valence-electron chi connectivity index (χ1n) is 9.85. The van der Waals surface area contributed by atoms with Crippen LogP contribution in [0.4, 0.5) is 0 Å². The number of likely N-dealkylation sites (tertiary alicyclic amines) is 1. The maximum atomic E-state index is 12.3. The molecule has 0 aliphatic carbocycles. The van der Waals surface area contributed by atoms with E-state index < -0.39 is 0 Å². The molecule has 1 rings (SSSR count). The van der Waals surface area contributed by atoms with Crippen molar-refractivity contribution in [3.63, 3.8) is 0 Å². The molecule has 0 spiro atoms. The van der Waals surface area contributed by atoms with Crippen LogP contribution < -0.4 is 10.6 Å². The van der Waals surface area contributed by atoms with E-state index in [1.165, 1.54) is 6.42 Å². The molecule has 0 radical (unpaired) electrons. The minimum atomic E-state index is 0. The van der Waals surface area contributed by atoms with Gasteiger partial charge >= 0.3 is 0 Å². The third kappa shape index (κ3) is 9.39. The van der Waals surface area contributed by atoms with Crippen LogP contribution in [0.1, 0.15) is 59.8 Å². The number of rotatable bonds is 9. The maximum Gasteiger partial charge on any atom is 0.224 e. The summed E-state index contributed by atoms with van der Waals surface area (Å²) in [5, 5.41) is 6.55. The molecule has 0 aromatic carbocycles. The third-order valence-electron chi connectivity index (χ3n) is 4.82. The summed E-state index contributed by atoms with van der Waals surface area (Å²) in [4.78, 5) is 18.6. The van der Waals surface area contributed by atoms with Gasteiger partial charge in [0.25, 0.3) is 0 Å². The van der Waals surface area contributed by atoms with Crippen LogP contribution >= 0.6 is 24.0 Å². The number of hydrogen-bond donors (Lipinski definition) is 2. The molecule has 0 bridgehead atoms. The number of carbonyl (C=O) groups is 1. The number of piperidine rings is 1. The van der Waals surface area contributed by atoms with Gasteiger partial charge in [0.1, 0.15) is 0 Å². The quantitative estimate of drug-likeness (QED) is 0.301. The summed E-state index contributed by atoms with van der Waals surface area (Å²) in [6.45, 7) is 11.6. The van der Waals surface area contributed by atoms with Crippen molar-refractivity contribution in [2.45, 2.75) is 71.9 Å². The Labute approximate surface area is 176 Å². The summed E-state index contributed by atoms with van der Waals surface area (Å²) in [6.07, 6.45) is 5.20. The Kier molecular flexibility index (Phi) is 14.2. The van der Waals surface area contributed by atoms with Gasteiger partial charge in [0.2, 0.25) is 5.91 Å². The molecular formula is C19H39IN4O2. The Balaban J connectivity index is 0.00000625. The lowest BCUT2D eigenvalue weighted by molar-refractivity contribution is -0.134. The Hall–Kier alpha value is -0.570. The van der Waals surface area contributed by atoms with Gasteiger partial charge in [-0.2, -0.15) is 0 Å². The zero-order valence-corrected chi connectivity index (χ0v) is 19.5. The van der Waals surface area contributed by atoms with E-state index in [-0.39, 0.29) is 36.0 Å². The average molecular weight is 482 g/mol. The summed E-state index contributed by atoms with van der Waals surface area (Å²) >= 11 is 0. The van der Waals surface area contributed by atoms with Gasteiger partial charge in [0, 0.05) is 45.8 Å². The summed E-state index contributed by atoms with van der Waals surface area (Å²) in [6, 6.07) is 0.380. The van der Waals surface area contributed by atoms with Gasteiger partial charge in [0.05, 0.1) is 6.10 Å². The second kappa shape index (κ2) is 14.5. The number of halogens is 1. The zero-order chi connectivity index (χ0) is 18.7. The largest absolute Gasteiger partial charge is 0.378 e. The SMILES string of the molecule is CCOC(CCNC(=NC)NCCC(=O)N1CCCCC1C)C(C)C.I. The smallest absolute Gasteiger partial charge is 0.224 e. The van der Waals surface area contributed by atoms with Gasteiger partial charge in [-0.25, -0.2) is 0 Å². The number of guanidine groups is 1. The normalized spacial score (nSPS) is 19.1. The number of aliphatic imine (C=N–C) groups is 1. The van der Waals surface area contributed by atoms with E-state index in [1.807, 2.05) is 11.8 Å². The maximum absolute atomic E-state index is 12.3. The summed E-state index contributed by atoms with van der Waals surface area (Å²) in [5.74, 6) is 1.49.